The predicted octanol–water partition coefficient (Wildman–Crippen LogP) is 2.57. The first-order valence-corrected chi connectivity index (χ1v) is 7.38. The third-order valence-corrected chi connectivity index (χ3v) is 3.70. The van der Waals surface area contributed by atoms with E-state index >= 15 is 0 Å². The van der Waals surface area contributed by atoms with Crippen LogP contribution in [-0.4, -0.2) is 35.6 Å². The van der Waals surface area contributed by atoms with Crippen molar-refractivity contribution in [3.8, 4) is 5.75 Å². The fourth-order valence-electron chi connectivity index (χ4n) is 2.21. The summed E-state index contributed by atoms with van der Waals surface area (Å²) in [6.45, 7) is 5.27. The molecule has 0 amide bonds. The van der Waals surface area contributed by atoms with Gasteiger partial charge in [0.05, 0.1) is 6.61 Å². The quantitative estimate of drug-likeness (QED) is 0.586. The van der Waals surface area contributed by atoms with Gasteiger partial charge in [0.1, 0.15) is 10.7 Å². The summed E-state index contributed by atoms with van der Waals surface area (Å²) in [6, 6.07) is 8.50. The highest BCUT2D eigenvalue weighted by Crippen LogP contribution is 2.26. The molecule has 0 aliphatic heterocycles. The first-order chi connectivity index (χ1) is 9.20. The van der Waals surface area contributed by atoms with Gasteiger partial charge in [0.2, 0.25) is 0 Å². The van der Waals surface area contributed by atoms with E-state index in [4.69, 9.17) is 22.7 Å². The summed E-state index contributed by atoms with van der Waals surface area (Å²) in [4.78, 5) is 2.97. The van der Waals surface area contributed by atoms with Crippen LogP contribution in [0, 0.1) is 0 Å². The number of benzene rings is 1. The molecular weight excluding hydrogens is 256 g/mol. The molecular formula is C15H22N2OS. The Kier molecular flexibility index (Phi) is 5.16. The molecule has 19 heavy (non-hydrogen) atoms. The molecule has 1 aromatic carbocycles. The molecule has 1 fully saturated rings. The summed E-state index contributed by atoms with van der Waals surface area (Å²) in [6.07, 6.45) is 3.81. The SMILES string of the molecule is CCN(CCCOc1ccc(C(N)=S)cc1)C1CC1. The molecule has 0 spiro atoms. The van der Waals surface area contributed by atoms with Crippen molar-refractivity contribution in [3.05, 3.63) is 29.8 Å². The van der Waals surface area contributed by atoms with E-state index < -0.39 is 0 Å². The molecule has 0 heterocycles. The Morgan fingerprint density at radius 2 is 2.05 bits per heavy atom. The van der Waals surface area contributed by atoms with Crippen LogP contribution in [0.4, 0.5) is 0 Å². The lowest BCUT2D eigenvalue weighted by molar-refractivity contribution is 0.235. The Labute approximate surface area is 120 Å². The lowest BCUT2D eigenvalue weighted by Gasteiger charge is -2.19. The van der Waals surface area contributed by atoms with Crippen molar-refractivity contribution in [3.63, 3.8) is 0 Å². The second-order valence-electron chi connectivity index (χ2n) is 4.95. The number of nitrogens with two attached hydrogens (primary N) is 1. The van der Waals surface area contributed by atoms with Crippen LogP contribution in [-0.2, 0) is 0 Å². The lowest BCUT2D eigenvalue weighted by atomic mass is 10.2. The number of nitrogens with zero attached hydrogens (tertiary/aromatic N) is 1. The highest BCUT2D eigenvalue weighted by Gasteiger charge is 2.26. The van der Waals surface area contributed by atoms with Crippen molar-refractivity contribution < 1.29 is 4.74 Å². The van der Waals surface area contributed by atoms with E-state index in [2.05, 4.69) is 11.8 Å². The topological polar surface area (TPSA) is 38.5 Å². The average molecular weight is 278 g/mol. The zero-order valence-corrected chi connectivity index (χ0v) is 12.3. The van der Waals surface area contributed by atoms with Crippen LogP contribution < -0.4 is 10.5 Å². The summed E-state index contributed by atoms with van der Waals surface area (Å²) in [5, 5.41) is 0. The molecule has 2 rings (SSSR count). The number of ether oxygens (including phenoxy) is 1. The van der Waals surface area contributed by atoms with Crippen LogP contribution in [0.15, 0.2) is 24.3 Å². The average Bonchev–Trinajstić information content (AvgIpc) is 3.24. The standard InChI is InChI=1S/C15H22N2OS/c1-2-17(13-6-7-13)10-3-11-18-14-8-4-12(5-9-14)15(16)19/h4-5,8-9,13H,2-3,6-7,10-11H2,1H3,(H2,16,19). The molecule has 1 aromatic rings. The molecule has 0 atom stereocenters. The fourth-order valence-corrected chi connectivity index (χ4v) is 2.35. The molecule has 3 nitrogen and oxygen atoms in total. The maximum atomic E-state index is 5.73. The second kappa shape index (κ2) is 6.87. The third-order valence-electron chi connectivity index (χ3n) is 3.47. The van der Waals surface area contributed by atoms with Gasteiger partial charge in [-0.15, -0.1) is 0 Å². The number of rotatable bonds is 8. The van der Waals surface area contributed by atoms with Crippen molar-refractivity contribution in [1.82, 2.24) is 4.90 Å². The molecule has 1 aliphatic carbocycles. The molecule has 0 bridgehead atoms. The van der Waals surface area contributed by atoms with E-state index in [1.54, 1.807) is 0 Å². The smallest absolute Gasteiger partial charge is 0.119 e. The van der Waals surface area contributed by atoms with Crippen LogP contribution in [0.1, 0.15) is 31.7 Å². The van der Waals surface area contributed by atoms with Gasteiger partial charge in [-0.3, -0.25) is 0 Å². The van der Waals surface area contributed by atoms with Crippen LogP contribution in [0.5, 0.6) is 5.75 Å². The Morgan fingerprint density at radius 1 is 1.37 bits per heavy atom. The van der Waals surface area contributed by atoms with Gasteiger partial charge < -0.3 is 15.4 Å². The number of thiocarbonyl (C=S) groups is 1. The molecule has 0 aromatic heterocycles. The highest BCUT2D eigenvalue weighted by atomic mass is 32.1. The maximum Gasteiger partial charge on any atom is 0.119 e. The number of hydrogen-bond acceptors (Lipinski definition) is 3. The molecule has 0 unspecified atom stereocenters. The van der Waals surface area contributed by atoms with E-state index in [0.29, 0.717) is 4.99 Å². The van der Waals surface area contributed by atoms with Gasteiger partial charge in [0.25, 0.3) is 0 Å². The van der Waals surface area contributed by atoms with Crippen LogP contribution in [0.2, 0.25) is 0 Å². The van der Waals surface area contributed by atoms with Crippen molar-refractivity contribution in [1.29, 1.82) is 0 Å². The number of hydrogen-bond donors (Lipinski definition) is 1. The van der Waals surface area contributed by atoms with Crippen molar-refractivity contribution in [2.75, 3.05) is 19.7 Å². The van der Waals surface area contributed by atoms with Gasteiger partial charge in [0, 0.05) is 18.2 Å². The Bertz CT molecular complexity index is 415. The summed E-state index contributed by atoms with van der Waals surface area (Å²) in [5.41, 5.74) is 6.44. The summed E-state index contributed by atoms with van der Waals surface area (Å²) in [7, 11) is 0. The summed E-state index contributed by atoms with van der Waals surface area (Å²) >= 11 is 4.92. The predicted molar refractivity (Wildman–Crippen MR) is 82.7 cm³/mol. The fraction of sp³-hybridized carbons (Fsp3) is 0.533. The van der Waals surface area contributed by atoms with E-state index in [0.717, 1.165) is 43.5 Å². The van der Waals surface area contributed by atoms with Gasteiger partial charge in [-0.2, -0.15) is 0 Å². The van der Waals surface area contributed by atoms with Crippen molar-refractivity contribution in [2.45, 2.75) is 32.2 Å². The molecule has 2 N–H and O–H groups in total. The van der Waals surface area contributed by atoms with Gasteiger partial charge in [-0.05, 0) is 50.1 Å². The minimum Gasteiger partial charge on any atom is -0.494 e. The van der Waals surface area contributed by atoms with Crippen LogP contribution >= 0.6 is 12.2 Å². The molecule has 4 heteroatoms. The first kappa shape index (κ1) is 14.3. The zero-order chi connectivity index (χ0) is 13.7. The monoisotopic (exact) mass is 278 g/mol. The van der Waals surface area contributed by atoms with E-state index in [9.17, 15) is 0 Å². The van der Waals surface area contributed by atoms with Crippen molar-refractivity contribution >= 4 is 17.2 Å². The molecule has 0 radical (unpaired) electrons. The summed E-state index contributed by atoms with van der Waals surface area (Å²) in [5.74, 6) is 0.884. The van der Waals surface area contributed by atoms with Crippen LogP contribution in [0.3, 0.4) is 0 Å². The molecule has 104 valence electrons. The second-order valence-corrected chi connectivity index (χ2v) is 5.39. The van der Waals surface area contributed by atoms with Gasteiger partial charge in [-0.1, -0.05) is 19.1 Å². The van der Waals surface area contributed by atoms with Gasteiger partial charge in [0.15, 0.2) is 0 Å². The largest absolute Gasteiger partial charge is 0.494 e. The summed E-state index contributed by atoms with van der Waals surface area (Å²) < 4.78 is 5.73. The first-order valence-electron chi connectivity index (χ1n) is 6.97. The van der Waals surface area contributed by atoms with Gasteiger partial charge >= 0.3 is 0 Å². The van der Waals surface area contributed by atoms with Crippen molar-refractivity contribution in [2.24, 2.45) is 5.73 Å². The lowest BCUT2D eigenvalue weighted by Crippen LogP contribution is -2.27. The van der Waals surface area contributed by atoms with Gasteiger partial charge in [-0.25, -0.2) is 0 Å². The zero-order valence-electron chi connectivity index (χ0n) is 11.5. The molecule has 0 saturated heterocycles. The Morgan fingerprint density at radius 3 is 2.58 bits per heavy atom. The molecule has 1 saturated carbocycles. The normalized spacial score (nSPS) is 14.6. The van der Waals surface area contributed by atoms with E-state index in [1.165, 1.54) is 12.8 Å². The Balaban J connectivity index is 1.68. The van der Waals surface area contributed by atoms with E-state index in [1.807, 2.05) is 24.3 Å². The van der Waals surface area contributed by atoms with E-state index in [-0.39, 0.29) is 0 Å². The van der Waals surface area contributed by atoms with Crippen LogP contribution in [0.25, 0.3) is 0 Å². The minimum atomic E-state index is 0.426. The maximum absolute atomic E-state index is 5.73. The Hall–Kier alpha value is -1.13. The highest BCUT2D eigenvalue weighted by molar-refractivity contribution is 7.80. The third kappa shape index (κ3) is 4.48. The minimum absolute atomic E-state index is 0.426. The molecule has 1 aliphatic rings.